The number of fused-ring (bicyclic) bond motifs is 4. The summed E-state index contributed by atoms with van der Waals surface area (Å²) in [6.07, 6.45) is 0. The maximum Gasteiger partial charge on any atom is 0.195 e. The van der Waals surface area contributed by atoms with Gasteiger partial charge in [0.15, 0.2) is 5.78 Å². The maximum absolute atomic E-state index is 13.0. The van der Waals surface area contributed by atoms with Gasteiger partial charge in [0, 0.05) is 33.1 Å². The molecule has 2 aromatic carbocycles. The zero-order valence-corrected chi connectivity index (χ0v) is 12.8. The van der Waals surface area contributed by atoms with Crippen LogP contribution in [-0.2, 0) is 5.41 Å². The second-order valence-electron chi connectivity index (χ2n) is 6.40. The second-order valence-corrected chi connectivity index (χ2v) is 6.40. The van der Waals surface area contributed by atoms with Crippen LogP contribution in [0.2, 0.25) is 0 Å². The van der Waals surface area contributed by atoms with E-state index in [4.69, 9.17) is 5.26 Å². The number of ketones is 1. The van der Waals surface area contributed by atoms with Crippen molar-refractivity contribution in [1.82, 2.24) is 4.98 Å². The van der Waals surface area contributed by atoms with Gasteiger partial charge in [-0.25, -0.2) is 0 Å². The van der Waals surface area contributed by atoms with Crippen molar-refractivity contribution in [3.05, 3.63) is 64.3 Å². The molecule has 23 heavy (non-hydrogen) atoms. The number of rotatable bonds is 0. The van der Waals surface area contributed by atoms with E-state index >= 15 is 0 Å². The zero-order chi connectivity index (χ0) is 16.4. The van der Waals surface area contributed by atoms with Crippen molar-refractivity contribution < 1.29 is 9.90 Å². The summed E-state index contributed by atoms with van der Waals surface area (Å²) in [6, 6.07) is 12.4. The van der Waals surface area contributed by atoms with Crippen LogP contribution < -0.4 is 0 Å². The Bertz CT molecular complexity index is 1040. The van der Waals surface area contributed by atoms with E-state index in [9.17, 15) is 9.90 Å². The number of phenols is 1. The zero-order valence-electron chi connectivity index (χ0n) is 12.8. The number of nitriles is 1. The molecular formula is C19H14N2O2. The second kappa shape index (κ2) is 4.23. The summed E-state index contributed by atoms with van der Waals surface area (Å²) >= 11 is 0. The minimum Gasteiger partial charge on any atom is -0.508 e. The number of carbonyl (C=O) groups excluding carboxylic acids is 1. The van der Waals surface area contributed by atoms with Crippen molar-refractivity contribution >= 4 is 16.7 Å². The van der Waals surface area contributed by atoms with Gasteiger partial charge in [-0.05, 0) is 18.2 Å². The number of aromatic amines is 1. The quantitative estimate of drug-likeness (QED) is 0.666. The fraction of sp³-hybridized carbons (Fsp3) is 0.158. The highest BCUT2D eigenvalue weighted by molar-refractivity contribution is 6.20. The highest BCUT2D eigenvalue weighted by Gasteiger charge is 2.41. The summed E-state index contributed by atoms with van der Waals surface area (Å²) in [5.74, 6) is 0.0315. The number of hydrogen-bond donors (Lipinski definition) is 2. The summed E-state index contributed by atoms with van der Waals surface area (Å²) in [5, 5.41) is 20.2. The van der Waals surface area contributed by atoms with Gasteiger partial charge in [-0.2, -0.15) is 5.26 Å². The number of nitrogens with zero attached hydrogens (tertiary/aromatic N) is 1. The molecule has 2 N–H and O–H groups in total. The number of benzene rings is 2. The summed E-state index contributed by atoms with van der Waals surface area (Å²) in [6.45, 7) is 3.97. The van der Waals surface area contributed by atoms with Gasteiger partial charge in [0.05, 0.1) is 17.2 Å². The molecule has 0 unspecified atom stereocenters. The van der Waals surface area contributed by atoms with Crippen molar-refractivity contribution in [2.45, 2.75) is 19.3 Å². The molecule has 0 saturated carbocycles. The normalized spacial score (nSPS) is 15.1. The lowest BCUT2D eigenvalue weighted by Crippen LogP contribution is -2.30. The van der Waals surface area contributed by atoms with Crippen LogP contribution in [0.5, 0.6) is 5.75 Å². The number of carbonyl (C=O) groups is 1. The molecule has 1 aromatic heterocycles. The molecule has 3 aromatic rings. The molecule has 4 rings (SSSR count). The molecule has 0 spiro atoms. The monoisotopic (exact) mass is 302 g/mol. The van der Waals surface area contributed by atoms with Crippen LogP contribution in [0.1, 0.15) is 46.6 Å². The van der Waals surface area contributed by atoms with Gasteiger partial charge in [0.2, 0.25) is 0 Å². The lowest BCUT2D eigenvalue weighted by molar-refractivity contribution is 0.103. The number of nitrogens with one attached hydrogen (secondary N) is 1. The van der Waals surface area contributed by atoms with Gasteiger partial charge in [-0.1, -0.05) is 32.0 Å². The van der Waals surface area contributed by atoms with Crippen LogP contribution in [0.4, 0.5) is 0 Å². The molecule has 1 heterocycles. The lowest BCUT2D eigenvalue weighted by Gasteiger charge is -2.32. The summed E-state index contributed by atoms with van der Waals surface area (Å²) in [5.41, 5.74) is 3.37. The molecule has 0 saturated heterocycles. The molecule has 0 radical (unpaired) electrons. The average molecular weight is 302 g/mol. The van der Waals surface area contributed by atoms with E-state index in [2.05, 4.69) is 11.1 Å². The first kappa shape index (κ1) is 13.6. The number of aromatic nitrogens is 1. The summed E-state index contributed by atoms with van der Waals surface area (Å²) in [7, 11) is 0. The summed E-state index contributed by atoms with van der Waals surface area (Å²) < 4.78 is 0. The first-order valence-corrected chi connectivity index (χ1v) is 7.38. The highest BCUT2D eigenvalue weighted by atomic mass is 16.3. The Labute approximate surface area is 133 Å². The van der Waals surface area contributed by atoms with Crippen molar-refractivity contribution in [1.29, 1.82) is 5.26 Å². The Kier molecular flexibility index (Phi) is 2.50. The van der Waals surface area contributed by atoms with Crippen molar-refractivity contribution in [3.63, 3.8) is 0 Å². The third-order valence-corrected chi connectivity index (χ3v) is 4.69. The standard InChI is InChI=1S/C19H14N2O2/c1-19(2)16-12(4-3-5-14(16)22)17(23)15-11-7-6-10(9-20)8-13(11)21-18(15)19/h3-8,21-22H,1-2H3. The Morgan fingerprint density at radius 3 is 2.74 bits per heavy atom. The van der Waals surface area contributed by atoms with Crippen LogP contribution in [-0.4, -0.2) is 15.9 Å². The summed E-state index contributed by atoms with van der Waals surface area (Å²) in [4.78, 5) is 16.3. The number of phenolic OH excluding ortho intramolecular Hbond substituents is 1. The molecule has 4 nitrogen and oxygen atoms in total. The van der Waals surface area contributed by atoms with Crippen molar-refractivity contribution in [3.8, 4) is 11.8 Å². The van der Waals surface area contributed by atoms with Crippen LogP contribution in [0.3, 0.4) is 0 Å². The highest BCUT2D eigenvalue weighted by Crippen LogP contribution is 2.46. The molecule has 0 bridgehead atoms. The van der Waals surface area contributed by atoms with Crippen molar-refractivity contribution in [2.75, 3.05) is 0 Å². The van der Waals surface area contributed by atoms with Crippen molar-refractivity contribution in [2.24, 2.45) is 0 Å². The van der Waals surface area contributed by atoms with Gasteiger partial charge >= 0.3 is 0 Å². The third kappa shape index (κ3) is 1.62. The van der Waals surface area contributed by atoms with E-state index in [1.54, 1.807) is 30.3 Å². The predicted octanol–water partition coefficient (Wildman–Crippen LogP) is 3.62. The molecule has 4 heteroatoms. The van der Waals surface area contributed by atoms with Crippen LogP contribution in [0, 0.1) is 11.3 Å². The molecule has 1 aliphatic rings. The fourth-order valence-electron chi connectivity index (χ4n) is 3.62. The van der Waals surface area contributed by atoms with Crippen LogP contribution >= 0.6 is 0 Å². The topological polar surface area (TPSA) is 76.9 Å². The third-order valence-electron chi connectivity index (χ3n) is 4.69. The van der Waals surface area contributed by atoms with Gasteiger partial charge in [-0.3, -0.25) is 4.79 Å². The van der Waals surface area contributed by atoms with Gasteiger partial charge in [-0.15, -0.1) is 0 Å². The van der Waals surface area contributed by atoms with E-state index in [1.807, 2.05) is 19.9 Å². The molecule has 112 valence electrons. The molecule has 0 atom stereocenters. The SMILES string of the molecule is CC1(C)c2[nH]c3cc(C#N)ccc3c2C(=O)c2cccc(O)c21. The molecule has 0 amide bonds. The van der Waals surface area contributed by atoms with E-state index < -0.39 is 5.41 Å². The van der Waals surface area contributed by atoms with Crippen LogP contribution in [0.15, 0.2) is 36.4 Å². The Morgan fingerprint density at radius 1 is 1.22 bits per heavy atom. The molecule has 1 aliphatic carbocycles. The Morgan fingerprint density at radius 2 is 2.00 bits per heavy atom. The average Bonchev–Trinajstić information content (AvgIpc) is 2.92. The van der Waals surface area contributed by atoms with Gasteiger partial charge < -0.3 is 10.1 Å². The minimum absolute atomic E-state index is 0.0961. The van der Waals surface area contributed by atoms with Gasteiger partial charge in [0.1, 0.15) is 5.75 Å². The smallest absolute Gasteiger partial charge is 0.195 e. The first-order chi connectivity index (χ1) is 10.9. The largest absolute Gasteiger partial charge is 0.508 e. The minimum atomic E-state index is -0.532. The van der Waals surface area contributed by atoms with E-state index in [-0.39, 0.29) is 11.5 Å². The number of hydrogen-bond acceptors (Lipinski definition) is 3. The predicted molar refractivity (Wildman–Crippen MR) is 86.7 cm³/mol. The van der Waals surface area contributed by atoms with Gasteiger partial charge in [0.25, 0.3) is 0 Å². The first-order valence-electron chi connectivity index (χ1n) is 7.38. The van der Waals surface area contributed by atoms with E-state index in [0.717, 1.165) is 16.6 Å². The molecule has 0 aliphatic heterocycles. The fourth-order valence-corrected chi connectivity index (χ4v) is 3.62. The Hall–Kier alpha value is -3.06. The lowest BCUT2D eigenvalue weighted by atomic mass is 9.71. The Balaban J connectivity index is 2.12. The number of H-pyrrole nitrogens is 1. The maximum atomic E-state index is 13.0. The molecule has 0 fully saturated rings. The number of aromatic hydroxyl groups is 1. The molecular weight excluding hydrogens is 288 g/mol. The van der Waals surface area contributed by atoms with E-state index in [0.29, 0.717) is 22.3 Å². The van der Waals surface area contributed by atoms with Crippen LogP contribution in [0.25, 0.3) is 10.9 Å². The van der Waals surface area contributed by atoms with E-state index in [1.165, 1.54) is 0 Å².